The van der Waals surface area contributed by atoms with Crippen LogP contribution in [0.3, 0.4) is 0 Å². The van der Waals surface area contributed by atoms with Gasteiger partial charge < -0.3 is 10.2 Å². The monoisotopic (exact) mass is 324 g/mol. The predicted octanol–water partition coefficient (Wildman–Crippen LogP) is 2.54. The second-order valence-corrected chi connectivity index (χ2v) is 7.11. The zero-order valence-electron chi connectivity index (χ0n) is 14.3. The van der Waals surface area contributed by atoms with E-state index in [2.05, 4.69) is 10.4 Å². The second kappa shape index (κ2) is 6.06. The highest BCUT2D eigenvalue weighted by Crippen LogP contribution is 2.29. The molecule has 2 bridgehead atoms. The van der Waals surface area contributed by atoms with Crippen molar-refractivity contribution in [1.82, 2.24) is 20.0 Å². The minimum Gasteiger partial charge on any atom is -0.339 e. The summed E-state index contributed by atoms with van der Waals surface area (Å²) < 4.78 is 1.88. The Hall–Kier alpha value is -2.14. The number of nitrogens with zero attached hydrogens (tertiary/aromatic N) is 3. The lowest BCUT2D eigenvalue weighted by Crippen LogP contribution is -2.48. The molecule has 0 spiro atoms. The van der Waals surface area contributed by atoms with Crippen LogP contribution < -0.4 is 5.32 Å². The van der Waals surface area contributed by atoms with Crippen LogP contribution in [-0.2, 0) is 0 Å². The van der Waals surface area contributed by atoms with Crippen molar-refractivity contribution in [3.8, 4) is 5.69 Å². The van der Waals surface area contributed by atoms with Gasteiger partial charge in [-0.05, 0) is 62.9 Å². The van der Waals surface area contributed by atoms with Crippen LogP contribution in [0.4, 0.5) is 0 Å². The van der Waals surface area contributed by atoms with E-state index in [4.69, 9.17) is 0 Å². The molecular formula is C19H24N4O. The molecule has 24 heavy (non-hydrogen) atoms. The molecule has 1 aromatic carbocycles. The molecule has 3 heterocycles. The third-order valence-corrected chi connectivity index (χ3v) is 5.51. The number of nitrogens with one attached hydrogen (secondary N) is 1. The van der Waals surface area contributed by atoms with E-state index in [1.807, 2.05) is 53.9 Å². The van der Waals surface area contributed by atoms with E-state index >= 15 is 0 Å². The standard InChI is InChI=1S/C19H24N4O/c1-13-9-10-20-23(13)17-7-3-14(4-8-17)19(24)22(2)18-11-15-5-6-16(12-18)21-15/h3-4,7-10,15-16,18,21H,5-6,11-12H2,1-2H3. The number of aromatic nitrogens is 2. The first-order valence-corrected chi connectivity index (χ1v) is 8.76. The van der Waals surface area contributed by atoms with Gasteiger partial charge in [-0.15, -0.1) is 0 Å². The van der Waals surface area contributed by atoms with Gasteiger partial charge in [0, 0.05) is 42.6 Å². The lowest BCUT2D eigenvalue weighted by atomic mass is 9.98. The zero-order valence-corrected chi connectivity index (χ0v) is 14.3. The van der Waals surface area contributed by atoms with Gasteiger partial charge in [0.05, 0.1) is 5.69 Å². The van der Waals surface area contributed by atoms with Crippen LogP contribution in [0.2, 0.25) is 0 Å². The van der Waals surface area contributed by atoms with Gasteiger partial charge >= 0.3 is 0 Å². The molecule has 2 fully saturated rings. The second-order valence-electron chi connectivity index (χ2n) is 7.11. The fourth-order valence-electron chi connectivity index (χ4n) is 4.10. The molecule has 0 saturated carbocycles. The van der Waals surface area contributed by atoms with Gasteiger partial charge in [0.2, 0.25) is 0 Å². The highest BCUT2D eigenvalue weighted by Gasteiger charge is 2.36. The van der Waals surface area contributed by atoms with Crippen molar-refractivity contribution in [2.75, 3.05) is 7.05 Å². The first-order chi connectivity index (χ1) is 11.6. The number of carbonyl (C=O) groups excluding carboxylic acids is 1. The number of amides is 1. The lowest BCUT2D eigenvalue weighted by Gasteiger charge is -2.35. The largest absolute Gasteiger partial charge is 0.339 e. The maximum Gasteiger partial charge on any atom is 0.253 e. The molecule has 1 N–H and O–H groups in total. The van der Waals surface area contributed by atoms with Crippen LogP contribution in [-0.4, -0.2) is 45.8 Å². The smallest absolute Gasteiger partial charge is 0.253 e. The lowest BCUT2D eigenvalue weighted by molar-refractivity contribution is 0.0681. The molecule has 2 unspecified atom stereocenters. The summed E-state index contributed by atoms with van der Waals surface area (Å²) in [6, 6.07) is 11.3. The van der Waals surface area contributed by atoms with Crippen LogP contribution >= 0.6 is 0 Å². The van der Waals surface area contributed by atoms with Crippen molar-refractivity contribution in [3.05, 3.63) is 47.8 Å². The molecular weight excluding hydrogens is 300 g/mol. The minimum atomic E-state index is 0.116. The first kappa shape index (κ1) is 15.4. The Kier molecular flexibility index (Phi) is 3.88. The van der Waals surface area contributed by atoms with Crippen molar-refractivity contribution in [3.63, 3.8) is 0 Å². The third-order valence-electron chi connectivity index (χ3n) is 5.51. The zero-order chi connectivity index (χ0) is 16.7. The molecule has 2 aliphatic heterocycles. The van der Waals surface area contributed by atoms with E-state index in [1.165, 1.54) is 12.8 Å². The number of aryl methyl sites for hydroxylation is 1. The summed E-state index contributed by atoms with van der Waals surface area (Å²) in [5, 5.41) is 7.94. The van der Waals surface area contributed by atoms with Crippen molar-refractivity contribution in [2.24, 2.45) is 0 Å². The summed E-state index contributed by atoms with van der Waals surface area (Å²) in [6.07, 6.45) is 6.43. The van der Waals surface area contributed by atoms with E-state index in [-0.39, 0.29) is 5.91 Å². The topological polar surface area (TPSA) is 50.2 Å². The molecule has 5 heteroatoms. The molecule has 2 saturated heterocycles. The van der Waals surface area contributed by atoms with Crippen molar-refractivity contribution >= 4 is 5.91 Å². The maximum atomic E-state index is 12.8. The Balaban J connectivity index is 1.49. The molecule has 2 aromatic rings. The van der Waals surface area contributed by atoms with E-state index < -0.39 is 0 Å². The summed E-state index contributed by atoms with van der Waals surface area (Å²) in [7, 11) is 1.95. The van der Waals surface area contributed by atoms with Crippen LogP contribution in [0.15, 0.2) is 36.5 Å². The van der Waals surface area contributed by atoms with E-state index in [0.29, 0.717) is 18.1 Å². The Morgan fingerprint density at radius 2 is 1.83 bits per heavy atom. The summed E-state index contributed by atoms with van der Waals surface area (Å²) in [6.45, 7) is 2.02. The molecule has 126 valence electrons. The normalized spacial score (nSPS) is 25.7. The summed E-state index contributed by atoms with van der Waals surface area (Å²) in [4.78, 5) is 14.8. The van der Waals surface area contributed by atoms with Gasteiger partial charge in [-0.1, -0.05) is 0 Å². The van der Waals surface area contributed by atoms with Gasteiger partial charge in [0.15, 0.2) is 0 Å². The van der Waals surface area contributed by atoms with Gasteiger partial charge in [0.1, 0.15) is 0 Å². The number of hydrogen-bond acceptors (Lipinski definition) is 3. The van der Waals surface area contributed by atoms with E-state index in [0.717, 1.165) is 29.8 Å². The third kappa shape index (κ3) is 2.73. The summed E-state index contributed by atoms with van der Waals surface area (Å²) in [5.74, 6) is 0.116. The van der Waals surface area contributed by atoms with Crippen LogP contribution in [0.25, 0.3) is 5.69 Å². The molecule has 2 atom stereocenters. The highest BCUT2D eigenvalue weighted by atomic mass is 16.2. The van der Waals surface area contributed by atoms with Gasteiger partial charge in [-0.25, -0.2) is 4.68 Å². The van der Waals surface area contributed by atoms with Crippen molar-refractivity contribution in [1.29, 1.82) is 0 Å². The number of benzene rings is 1. The predicted molar refractivity (Wildman–Crippen MR) is 93.4 cm³/mol. The molecule has 1 aromatic heterocycles. The Morgan fingerprint density at radius 3 is 2.42 bits per heavy atom. The summed E-state index contributed by atoms with van der Waals surface area (Å²) in [5.41, 5.74) is 2.81. The van der Waals surface area contributed by atoms with Crippen molar-refractivity contribution in [2.45, 2.75) is 50.7 Å². The van der Waals surface area contributed by atoms with Crippen molar-refractivity contribution < 1.29 is 4.79 Å². The first-order valence-electron chi connectivity index (χ1n) is 8.76. The molecule has 5 nitrogen and oxygen atoms in total. The number of hydrogen-bond donors (Lipinski definition) is 1. The SMILES string of the molecule is Cc1ccnn1-c1ccc(C(=O)N(C)C2CC3CCC(C2)N3)cc1. The number of rotatable bonds is 3. The molecule has 1 amide bonds. The Bertz CT molecular complexity index is 724. The molecule has 2 aliphatic rings. The Labute approximate surface area is 142 Å². The van der Waals surface area contributed by atoms with Gasteiger partial charge in [0.25, 0.3) is 5.91 Å². The number of piperidine rings is 1. The maximum absolute atomic E-state index is 12.8. The van der Waals surface area contributed by atoms with E-state index in [1.54, 1.807) is 6.20 Å². The number of fused-ring (bicyclic) bond motifs is 2. The fraction of sp³-hybridized carbons (Fsp3) is 0.474. The van der Waals surface area contributed by atoms with Gasteiger partial charge in [-0.2, -0.15) is 5.10 Å². The molecule has 4 rings (SSSR count). The molecule has 0 radical (unpaired) electrons. The van der Waals surface area contributed by atoms with Crippen LogP contribution in [0.1, 0.15) is 41.7 Å². The van der Waals surface area contributed by atoms with E-state index in [9.17, 15) is 4.79 Å². The quantitative estimate of drug-likeness (QED) is 0.944. The van der Waals surface area contributed by atoms with Crippen LogP contribution in [0, 0.1) is 6.92 Å². The minimum absolute atomic E-state index is 0.116. The number of carbonyl (C=O) groups is 1. The van der Waals surface area contributed by atoms with Crippen LogP contribution in [0.5, 0.6) is 0 Å². The summed E-state index contributed by atoms with van der Waals surface area (Å²) >= 11 is 0. The highest BCUT2D eigenvalue weighted by molar-refractivity contribution is 5.94. The average molecular weight is 324 g/mol. The Morgan fingerprint density at radius 1 is 1.17 bits per heavy atom. The average Bonchev–Trinajstić information content (AvgIpc) is 3.18. The fourth-order valence-corrected chi connectivity index (χ4v) is 4.10. The molecule has 0 aliphatic carbocycles. The van der Waals surface area contributed by atoms with Gasteiger partial charge in [-0.3, -0.25) is 4.79 Å².